The number of nitrogens with one attached hydrogen (secondary N) is 2. The van der Waals surface area contributed by atoms with E-state index < -0.39 is 5.72 Å². The van der Waals surface area contributed by atoms with Crippen molar-refractivity contribution in [3.05, 3.63) is 0 Å². The fourth-order valence-electron chi connectivity index (χ4n) is 1.04. The quantitative estimate of drug-likeness (QED) is 0.405. The Bertz CT molecular complexity index is 149. The van der Waals surface area contributed by atoms with Gasteiger partial charge in [-0.3, -0.25) is 10.1 Å². The van der Waals surface area contributed by atoms with Gasteiger partial charge in [0.1, 0.15) is 0 Å². The van der Waals surface area contributed by atoms with Gasteiger partial charge in [0.15, 0.2) is 5.72 Å². The van der Waals surface area contributed by atoms with Crippen molar-refractivity contribution in [3.8, 4) is 0 Å². The SMILES string of the molecule is CNC1(O)CCCNC1=O. The van der Waals surface area contributed by atoms with Gasteiger partial charge in [0.2, 0.25) is 0 Å². The largest absolute Gasteiger partial charge is 0.367 e. The van der Waals surface area contributed by atoms with Crippen LogP contribution in [0.3, 0.4) is 0 Å². The number of likely N-dealkylation sites (N-methyl/N-ethyl adjacent to an activating group) is 1. The van der Waals surface area contributed by atoms with Crippen molar-refractivity contribution in [2.75, 3.05) is 13.6 Å². The van der Waals surface area contributed by atoms with E-state index in [9.17, 15) is 9.90 Å². The fraction of sp³-hybridized carbons (Fsp3) is 0.833. The molecule has 0 aromatic heterocycles. The third-order valence-electron chi connectivity index (χ3n) is 1.79. The lowest BCUT2D eigenvalue weighted by atomic mass is 10.0. The van der Waals surface area contributed by atoms with E-state index in [-0.39, 0.29) is 5.91 Å². The first kappa shape index (κ1) is 7.50. The molecule has 4 heteroatoms. The van der Waals surface area contributed by atoms with Crippen LogP contribution < -0.4 is 10.6 Å². The number of carbonyl (C=O) groups is 1. The van der Waals surface area contributed by atoms with E-state index in [0.29, 0.717) is 13.0 Å². The molecule has 3 N–H and O–H groups in total. The summed E-state index contributed by atoms with van der Waals surface area (Å²) in [5.74, 6) is -0.318. The van der Waals surface area contributed by atoms with Crippen molar-refractivity contribution in [3.63, 3.8) is 0 Å². The average Bonchev–Trinajstić information content (AvgIpc) is 1.96. The van der Waals surface area contributed by atoms with Crippen molar-refractivity contribution in [1.29, 1.82) is 0 Å². The van der Waals surface area contributed by atoms with E-state index in [4.69, 9.17) is 0 Å². The van der Waals surface area contributed by atoms with Gasteiger partial charge in [-0.2, -0.15) is 0 Å². The van der Waals surface area contributed by atoms with E-state index in [1.807, 2.05) is 0 Å². The van der Waals surface area contributed by atoms with Gasteiger partial charge in [-0.25, -0.2) is 0 Å². The van der Waals surface area contributed by atoms with Crippen molar-refractivity contribution in [2.24, 2.45) is 0 Å². The number of piperidine rings is 1. The molecule has 0 bridgehead atoms. The third-order valence-corrected chi connectivity index (χ3v) is 1.79. The highest BCUT2D eigenvalue weighted by atomic mass is 16.3. The van der Waals surface area contributed by atoms with Gasteiger partial charge < -0.3 is 10.4 Å². The van der Waals surface area contributed by atoms with Crippen LogP contribution in [0.5, 0.6) is 0 Å². The molecule has 1 saturated heterocycles. The molecule has 1 atom stereocenters. The van der Waals surface area contributed by atoms with Crippen molar-refractivity contribution >= 4 is 5.91 Å². The second-order valence-corrected chi connectivity index (χ2v) is 2.47. The maximum atomic E-state index is 10.9. The normalized spacial score (nSPS) is 33.6. The first-order valence-corrected chi connectivity index (χ1v) is 3.38. The van der Waals surface area contributed by atoms with Crippen LogP contribution in [0.1, 0.15) is 12.8 Å². The minimum atomic E-state index is -1.32. The molecule has 1 rings (SSSR count). The van der Waals surface area contributed by atoms with Gasteiger partial charge in [0.05, 0.1) is 0 Å². The summed E-state index contributed by atoms with van der Waals surface area (Å²) in [7, 11) is 1.57. The molecule has 1 aliphatic heterocycles. The van der Waals surface area contributed by atoms with Crippen LogP contribution in [0.25, 0.3) is 0 Å². The average molecular weight is 144 g/mol. The molecule has 10 heavy (non-hydrogen) atoms. The first-order chi connectivity index (χ1) is 4.69. The minimum Gasteiger partial charge on any atom is -0.367 e. The monoisotopic (exact) mass is 144 g/mol. The van der Waals surface area contributed by atoms with E-state index in [1.54, 1.807) is 7.05 Å². The van der Waals surface area contributed by atoms with Gasteiger partial charge in [-0.05, 0) is 13.5 Å². The van der Waals surface area contributed by atoms with Crippen LogP contribution in [0, 0.1) is 0 Å². The molecule has 4 nitrogen and oxygen atoms in total. The molecular formula is C6H12N2O2. The van der Waals surface area contributed by atoms with E-state index in [0.717, 1.165) is 6.42 Å². The predicted octanol–water partition coefficient (Wildman–Crippen LogP) is -1.20. The molecule has 1 heterocycles. The standard InChI is InChI=1S/C6H12N2O2/c1-7-6(10)3-2-4-8-5(6)9/h7,10H,2-4H2,1H3,(H,8,9). The Morgan fingerprint density at radius 2 is 2.50 bits per heavy atom. The van der Waals surface area contributed by atoms with Gasteiger partial charge in [0.25, 0.3) is 5.91 Å². The Morgan fingerprint density at radius 1 is 1.80 bits per heavy atom. The summed E-state index contributed by atoms with van der Waals surface area (Å²) < 4.78 is 0. The molecule has 0 saturated carbocycles. The molecule has 58 valence electrons. The van der Waals surface area contributed by atoms with E-state index in [1.165, 1.54) is 0 Å². The number of hydrogen-bond donors (Lipinski definition) is 3. The zero-order valence-corrected chi connectivity index (χ0v) is 5.98. The molecule has 0 radical (unpaired) electrons. The van der Waals surface area contributed by atoms with Crippen LogP contribution in [0.2, 0.25) is 0 Å². The summed E-state index contributed by atoms with van der Waals surface area (Å²) in [5.41, 5.74) is -1.32. The van der Waals surface area contributed by atoms with Crippen LogP contribution >= 0.6 is 0 Å². The molecule has 0 spiro atoms. The van der Waals surface area contributed by atoms with Crippen molar-refractivity contribution in [2.45, 2.75) is 18.6 Å². The summed E-state index contributed by atoms with van der Waals surface area (Å²) in [5, 5.41) is 14.6. The number of carbonyl (C=O) groups excluding carboxylic acids is 1. The van der Waals surface area contributed by atoms with Crippen LogP contribution in [-0.2, 0) is 4.79 Å². The van der Waals surface area contributed by atoms with Crippen LogP contribution in [0.4, 0.5) is 0 Å². The Morgan fingerprint density at radius 3 is 2.90 bits per heavy atom. The Labute approximate surface area is 59.6 Å². The molecule has 0 aliphatic carbocycles. The lowest BCUT2D eigenvalue weighted by Crippen LogP contribution is -2.58. The minimum absolute atomic E-state index is 0.318. The summed E-state index contributed by atoms with van der Waals surface area (Å²) >= 11 is 0. The Balaban J connectivity index is 2.63. The molecule has 1 unspecified atom stereocenters. The molecule has 0 aromatic carbocycles. The van der Waals surface area contributed by atoms with E-state index in [2.05, 4.69) is 10.6 Å². The third kappa shape index (κ3) is 1.12. The lowest BCUT2D eigenvalue weighted by Gasteiger charge is -2.30. The highest BCUT2D eigenvalue weighted by Gasteiger charge is 2.35. The van der Waals surface area contributed by atoms with Gasteiger partial charge in [-0.15, -0.1) is 0 Å². The summed E-state index contributed by atoms with van der Waals surface area (Å²) in [6.45, 7) is 0.669. The smallest absolute Gasteiger partial charge is 0.267 e. The molecule has 1 aliphatic rings. The number of hydrogen-bond acceptors (Lipinski definition) is 3. The Kier molecular flexibility index (Phi) is 1.92. The van der Waals surface area contributed by atoms with E-state index >= 15 is 0 Å². The van der Waals surface area contributed by atoms with Crippen LogP contribution in [-0.4, -0.2) is 30.3 Å². The first-order valence-electron chi connectivity index (χ1n) is 3.38. The molecule has 1 amide bonds. The highest BCUT2D eigenvalue weighted by molar-refractivity contribution is 5.84. The maximum Gasteiger partial charge on any atom is 0.267 e. The number of amides is 1. The maximum absolute atomic E-state index is 10.9. The fourth-order valence-corrected chi connectivity index (χ4v) is 1.04. The lowest BCUT2D eigenvalue weighted by molar-refractivity contribution is -0.146. The highest BCUT2D eigenvalue weighted by Crippen LogP contribution is 2.12. The van der Waals surface area contributed by atoms with Crippen molar-refractivity contribution in [1.82, 2.24) is 10.6 Å². The second-order valence-electron chi connectivity index (χ2n) is 2.47. The molecule has 0 aromatic rings. The predicted molar refractivity (Wildman–Crippen MR) is 36.3 cm³/mol. The van der Waals surface area contributed by atoms with Gasteiger partial charge in [0, 0.05) is 13.0 Å². The van der Waals surface area contributed by atoms with Gasteiger partial charge >= 0.3 is 0 Å². The zero-order chi connectivity index (χ0) is 7.61. The second kappa shape index (κ2) is 2.56. The summed E-state index contributed by atoms with van der Waals surface area (Å²) in [6.07, 6.45) is 1.32. The molecule has 1 fully saturated rings. The summed E-state index contributed by atoms with van der Waals surface area (Å²) in [4.78, 5) is 10.9. The number of aliphatic hydroxyl groups is 1. The van der Waals surface area contributed by atoms with Crippen LogP contribution in [0.15, 0.2) is 0 Å². The Hall–Kier alpha value is -0.610. The topological polar surface area (TPSA) is 61.4 Å². The van der Waals surface area contributed by atoms with Gasteiger partial charge in [-0.1, -0.05) is 0 Å². The zero-order valence-electron chi connectivity index (χ0n) is 5.98. The van der Waals surface area contributed by atoms with Crippen molar-refractivity contribution < 1.29 is 9.90 Å². The molecular weight excluding hydrogens is 132 g/mol. The summed E-state index contributed by atoms with van der Waals surface area (Å²) in [6, 6.07) is 0. The number of rotatable bonds is 1.